The van der Waals surface area contributed by atoms with Crippen LogP contribution in [-0.4, -0.2) is 67.9 Å². The van der Waals surface area contributed by atoms with Crippen LogP contribution in [0.3, 0.4) is 0 Å². The van der Waals surface area contributed by atoms with Gasteiger partial charge in [0, 0.05) is 10.8 Å². The Morgan fingerprint density at radius 3 is 1.75 bits per heavy atom. The minimum absolute atomic E-state index is 0.167. The van der Waals surface area contributed by atoms with Crippen LogP contribution in [0, 0.1) is 0 Å². The Morgan fingerprint density at radius 2 is 1.28 bits per heavy atom. The first-order valence-electron chi connectivity index (χ1n) is 10.7. The Hall–Kier alpha value is -2.94. The van der Waals surface area contributed by atoms with Crippen LogP contribution in [0.1, 0.15) is 24.2 Å². The monoisotopic (exact) mass is 441 g/mol. The lowest BCUT2D eigenvalue weighted by Crippen LogP contribution is -2.22. The molecule has 0 spiro atoms. The summed E-state index contributed by atoms with van der Waals surface area (Å²) < 4.78 is 29.0. The summed E-state index contributed by atoms with van der Waals surface area (Å²) in [5.74, 6) is -0.0512. The number of aromatic nitrogens is 1. The van der Waals surface area contributed by atoms with Crippen LogP contribution in [0.25, 0.3) is 21.8 Å². The summed E-state index contributed by atoms with van der Waals surface area (Å²) in [6, 6.07) is 10.6. The molecule has 0 unspecified atom stereocenters. The van der Waals surface area contributed by atoms with E-state index in [4.69, 9.17) is 28.7 Å². The van der Waals surface area contributed by atoms with Gasteiger partial charge in [-0.1, -0.05) is 24.3 Å². The third-order valence-electron chi connectivity index (χ3n) is 5.08. The molecule has 0 saturated heterocycles. The van der Waals surface area contributed by atoms with Crippen LogP contribution in [0.4, 0.5) is 0 Å². The highest BCUT2D eigenvalue weighted by Crippen LogP contribution is 2.35. The molecule has 0 amide bonds. The third kappa shape index (κ3) is 4.93. The molecule has 2 atom stereocenters. The first-order chi connectivity index (χ1) is 15.5. The molecule has 4 rings (SSSR count). The molecule has 0 saturated carbocycles. The maximum atomic E-state index is 12.3. The van der Waals surface area contributed by atoms with Crippen molar-refractivity contribution in [3.05, 3.63) is 42.0 Å². The highest BCUT2D eigenvalue weighted by Gasteiger charge is 2.21. The van der Waals surface area contributed by atoms with Crippen LogP contribution in [-0.2, 0) is 14.2 Å². The van der Waals surface area contributed by atoms with Crippen LogP contribution >= 0.6 is 0 Å². The topological polar surface area (TPSA) is 96.3 Å². The van der Waals surface area contributed by atoms with Gasteiger partial charge in [0.15, 0.2) is 0 Å². The minimum Gasteiger partial charge on any atom is -0.486 e. The Labute approximate surface area is 186 Å². The number of rotatable bonds is 1. The van der Waals surface area contributed by atoms with E-state index in [9.17, 15) is 9.90 Å². The van der Waals surface area contributed by atoms with Crippen molar-refractivity contribution in [1.29, 1.82) is 0 Å². The summed E-state index contributed by atoms with van der Waals surface area (Å²) in [5, 5.41) is 11.0. The van der Waals surface area contributed by atoms with E-state index in [-0.39, 0.29) is 17.8 Å². The molecule has 1 N–H and O–H groups in total. The second kappa shape index (κ2) is 10.1. The zero-order valence-corrected chi connectivity index (χ0v) is 18.2. The second-order valence-electron chi connectivity index (χ2n) is 7.72. The SMILES string of the molecule is C[C@@H]1COCCOCCOC[C@@H](C)Oc2cccc3c(C(=O)O)c4cccc(c4nc23)O1. The number of para-hydroxylation sites is 2. The van der Waals surface area contributed by atoms with Crippen LogP contribution in [0.5, 0.6) is 11.5 Å². The van der Waals surface area contributed by atoms with E-state index < -0.39 is 5.97 Å². The average Bonchev–Trinajstić information content (AvgIpc) is 2.76. The quantitative estimate of drug-likeness (QED) is 0.572. The Morgan fingerprint density at radius 1 is 0.812 bits per heavy atom. The zero-order chi connectivity index (χ0) is 22.5. The zero-order valence-electron chi connectivity index (χ0n) is 18.2. The number of hydrogen-bond acceptors (Lipinski definition) is 7. The minimum atomic E-state index is -1.04. The highest BCUT2D eigenvalue weighted by molar-refractivity contribution is 6.15. The van der Waals surface area contributed by atoms with Gasteiger partial charge in [-0.25, -0.2) is 9.78 Å². The molecule has 32 heavy (non-hydrogen) atoms. The van der Waals surface area contributed by atoms with Crippen LogP contribution < -0.4 is 9.47 Å². The molecular weight excluding hydrogens is 414 g/mol. The van der Waals surface area contributed by atoms with Crippen molar-refractivity contribution in [1.82, 2.24) is 4.98 Å². The normalized spacial score (nSPS) is 21.1. The number of carbonyl (C=O) groups is 1. The lowest BCUT2D eigenvalue weighted by Gasteiger charge is -2.19. The predicted octanol–water partition coefficient (Wildman–Crippen LogP) is 3.68. The van der Waals surface area contributed by atoms with Gasteiger partial charge in [-0.2, -0.15) is 0 Å². The average molecular weight is 441 g/mol. The molecule has 2 bridgehead atoms. The Bertz CT molecular complexity index is 1020. The van der Waals surface area contributed by atoms with Gasteiger partial charge in [-0.15, -0.1) is 0 Å². The fraction of sp³-hybridized carbons (Fsp3) is 0.417. The predicted molar refractivity (Wildman–Crippen MR) is 119 cm³/mol. The molecule has 0 aliphatic carbocycles. The number of hydrogen-bond donors (Lipinski definition) is 1. The fourth-order valence-electron chi connectivity index (χ4n) is 3.69. The van der Waals surface area contributed by atoms with Gasteiger partial charge in [0.2, 0.25) is 0 Å². The van der Waals surface area contributed by atoms with E-state index in [2.05, 4.69) is 0 Å². The molecule has 2 heterocycles. The van der Waals surface area contributed by atoms with E-state index in [1.165, 1.54) is 0 Å². The summed E-state index contributed by atoms with van der Waals surface area (Å²) in [7, 11) is 0. The molecule has 1 aliphatic heterocycles. The van der Waals surface area contributed by atoms with Gasteiger partial charge in [-0.3, -0.25) is 0 Å². The molecule has 3 aromatic rings. The summed E-state index contributed by atoms with van der Waals surface area (Å²) in [6.07, 6.45) is -0.528. The maximum absolute atomic E-state index is 12.3. The van der Waals surface area contributed by atoms with E-state index in [0.29, 0.717) is 72.9 Å². The Balaban J connectivity index is 1.84. The fourth-order valence-corrected chi connectivity index (χ4v) is 3.69. The second-order valence-corrected chi connectivity index (χ2v) is 7.72. The van der Waals surface area contributed by atoms with Crippen molar-refractivity contribution in [3.8, 4) is 11.5 Å². The number of benzene rings is 2. The summed E-state index contributed by atoms with van der Waals surface area (Å²) in [4.78, 5) is 17.1. The van der Waals surface area contributed by atoms with Crippen molar-refractivity contribution < 1.29 is 33.6 Å². The molecule has 170 valence electrons. The number of aromatic carboxylic acids is 1. The number of pyridine rings is 1. The van der Waals surface area contributed by atoms with Crippen molar-refractivity contribution in [2.24, 2.45) is 0 Å². The van der Waals surface area contributed by atoms with Crippen LogP contribution in [0.2, 0.25) is 0 Å². The summed E-state index contributed by atoms with van der Waals surface area (Å²) >= 11 is 0. The lowest BCUT2D eigenvalue weighted by molar-refractivity contribution is -0.0114. The molecule has 1 aliphatic rings. The van der Waals surface area contributed by atoms with Crippen molar-refractivity contribution in [2.45, 2.75) is 26.1 Å². The van der Waals surface area contributed by atoms with Gasteiger partial charge < -0.3 is 28.8 Å². The van der Waals surface area contributed by atoms with Gasteiger partial charge in [0.1, 0.15) is 34.7 Å². The number of nitrogens with zero attached hydrogens (tertiary/aromatic N) is 1. The first-order valence-corrected chi connectivity index (χ1v) is 10.7. The number of ether oxygens (including phenoxy) is 5. The van der Waals surface area contributed by atoms with Gasteiger partial charge >= 0.3 is 5.97 Å². The maximum Gasteiger partial charge on any atom is 0.337 e. The van der Waals surface area contributed by atoms with E-state index >= 15 is 0 Å². The molecule has 0 radical (unpaired) electrons. The molecule has 2 aromatic carbocycles. The highest BCUT2D eigenvalue weighted by atomic mass is 16.6. The number of carboxylic acid groups (broad SMARTS) is 1. The van der Waals surface area contributed by atoms with Gasteiger partial charge in [0.25, 0.3) is 0 Å². The van der Waals surface area contributed by atoms with Gasteiger partial charge in [0.05, 0.1) is 45.2 Å². The molecule has 8 nitrogen and oxygen atoms in total. The van der Waals surface area contributed by atoms with Gasteiger partial charge in [-0.05, 0) is 26.0 Å². The summed E-state index contributed by atoms with van der Waals surface area (Å²) in [6.45, 7) is 6.32. The van der Waals surface area contributed by atoms with Crippen LogP contribution in [0.15, 0.2) is 36.4 Å². The molecule has 1 aromatic heterocycles. The summed E-state index contributed by atoms with van der Waals surface area (Å²) in [5.41, 5.74) is 1.10. The molecule has 8 heteroatoms. The number of carboxylic acids is 1. The van der Waals surface area contributed by atoms with Crippen molar-refractivity contribution in [3.63, 3.8) is 0 Å². The smallest absolute Gasteiger partial charge is 0.337 e. The lowest BCUT2D eigenvalue weighted by atomic mass is 10.0. The van der Waals surface area contributed by atoms with Crippen molar-refractivity contribution >= 4 is 27.8 Å². The largest absolute Gasteiger partial charge is 0.486 e. The van der Waals surface area contributed by atoms with E-state index in [1.807, 2.05) is 13.8 Å². The molecule has 0 fully saturated rings. The Kier molecular flexibility index (Phi) is 7.04. The molecular formula is C24H27NO7. The van der Waals surface area contributed by atoms with E-state index in [0.717, 1.165) is 0 Å². The standard InChI is InChI=1S/C24H27NO7/c1-15-13-29-11-9-28-10-12-30-14-16(2)32-20-8-4-6-18-21(24(26)27)17-5-3-7-19(31-15)22(17)25-23(18)20/h3-8,15-16H,9-14H2,1-2H3,(H,26,27)/t15-,16-/m1/s1. The third-order valence-corrected chi connectivity index (χ3v) is 5.08. The van der Waals surface area contributed by atoms with Crippen molar-refractivity contribution in [2.75, 3.05) is 39.6 Å². The first kappa shape index (κ1) is 22.3. The van der Waals surface area contributed by atoms with E-state index in [1.54, 1.807) is 36.4 Å².